The summed E-state index contributed by atoms with van der Waals surface area (Å²) in [5.41, 5.74) is 1.75. The van der Waals surface area contributed by atoms with E-state index in [1.54, 1.807) is 25.2 Å². The summed E-state index contributed by atoms with van der Waals surface area (Å²) < 4.78 is 16.4. The lowest BCUT2D eigenvalue weighted by Gasteiger charge is -2.33. The maximum atomic E-state index is 12.9. The van der Waals surface area contributed by atoms with Gasteiger partial charge in [-0.05, 0) is 22.0 Å². The minimum Gasteiger partial charge on any atom is -0.497 e. The number of methoxy groups -OCH3 is 3. The van der Waals surface area contributed by atoms with Crippen LogP contribution in [0, 0.1) is 0 Å². The van der Waals surface area contributed by atoms with Crippen molar-refractivity contribution in [2.24, 2.45) is 0 Å². The van der Waals surface area contributed by atoms with Crippen molar-refractivity contribution in [3.63, 3.8) is 0 Å². The molecule has 2 heterocycles. The molecule has 1 aliphatic rings. The van der Waals surface area contributed by atoms with E-state index in [0.717, 1.165) is 15.6 Å². The second-order valence-corrected chi connectivity index (χ2v) is 7.50. The summed E-state index contributed by atoms with van der Waals surface area (Å²) in [6.45, 7) is 0.820. The molecule has 138 valence electrons. The third-order valence-electron chi connectivity index (χ3n) is 4.33. The van der Waals surface area contributed by atoms with Crippen molar-refractivity contribution in [3.05, 3.63) is 44.1 Å². The van der Waals surface area contributed by atoms with Gasteiger partial charge in [0.2, 0.25) is 5.78 Å². The zero-order chi connectivity index (χ0) is 18.8. The van der Waals surface area contributed by atoms with Crippen LogP contribution in [0.1, 0.15) is 20.8 Å². The number of benzene rings is 1. The van der Waals surface area contributed by atoms with Crippen LogP contribution in [0.2, 0.25) is 0 Å². The molecule has 0 fully saturated rings. The smallest absolute Gasteiger partial charge is 0.331 e. The molecule has 1 aromatic carbocycles. The van der Waals surface area contributed by atoms with Gasteiger partial charge >= 0.3 is 5.97 Å². The van der Waals surface area contributed by atoms with Crippen LogP contribution in [0.3, 0.4) is 0 Å². The fourth-order valence-electron chi connectivity index (χ4n) is 3.02. The van der Waals surface area contributed by atoms with Gasteiger partial charge in [0.25, 0.3) is 0 Å². The fourth-order valence-corrected chi connectivity index (χ4v) is 4.66. The number of Topliss-reactive ketones (excluding diaryl/α,β-unsaturated/α-hetero) is 1. The molecule has 0 saturated heterocycles. The highest BCUT2D eigenvalue weighted by Gasteiger charge is 2.41. The molecule has 1 aromatic heterocycles. The van der Waals surface area contributed by atoms with Crippen LogP contribution in [0.4, 0.5) is 0 Å². The molecule has 2 aromatic rings. The second kappa shape index (κ2) is 7.77. The molecule has 1 atom stereocenters. The minimum atomic E-state index is -0.968. The van der Waals surface area contributed by atoms with Gasteiger partial charge in [-0.25, -0.2) is 4.79 Å². The Balaban J connectivity index is 1.98. The van der Waals surface area contributed by atoms with Gasteiger partial charge in [0, 0.05) is 40.1 Å². The van der Waals surface area contributed by atoms with E-state index < -0.39 is 12.0 Å². The molecule has 1 unspecified atom stereocenters. The van der Waals surface area contributed by atoms with E-state index in [9.17, 15) is 9.59 Å². The van der Waals surface area contributed by atoms with Crippen molar-refractivity contribution in [1.82, 2.24) is 4.90 Å². The Kier molecular flexibility index (Phi) is 5.64. The Morgan fingerprint density at radius 2 is 2.08 bits per heavy atom. The second-order valence-electron chi connectivity index (χ2n) is 5.76. The van der Waals surface area contributed by atoms with Crippen molar-refractivity contribution in [2.75, 3.05) is 21.3 Å². The molecule has 3 rings (SSSR count). The van der Waals surface area contributed by atoms with Crippen molar-refractivity contribution in [2.45, 2.75) is 19.1 Å². The first-order chi connectivity index (χ1) is 12.5. The number of esters is 1. The highest BCUT2D eigenvalue weighted by molar-refractivity contribution is 9.10. The van der Waals surface area contributed by atoms with E-state index in [2.05, 4.69) is 15.9 Å². The third-order valence-corrected chi connectivity index (χ3v) is 6.38. The Morgan fingerprint density at radius 1 is 1.31 bits per heavy atom. The summed E-state index contributed by atoms with van der Waals surface area (Å²) in [6, 6.07) is 4.50. The molecular weight excluding hydrogens is 422 g/mol. The monoisotopic (exact) mass is 439 g/mol. The van der Waals surface area contributed by atoms with Gasteiger partial charge in [-0.3, -0.25) is 9.69 Å². The molecule has 0 spiro atoms. The molecule has 0 amide bonds. The minimum absolute atomic E-state index is 0.235. The Morgan fingerprint density at radius 3 is 2.73 bits per heavy atom. The standard InChI is InChI=1S/C18H18BrNO5S/c1-23-11-5-4-10(14(6-11)24-2)7-20-8-12-13(19)9-26-17(12)16(21)15(20)18(22)25-3/h4-6,9,15H,7-8H2,1-3H3. The topological polar surface area (TPSA) is 65.1 Å². The largest absolute Gasteiger partial charge is 0.497 e. The van der Waals surface area contributed by atoms with Crippen molar-refractivity contribution in [3.8, 4) is 11.5 Å². The number of nitrogens with zero attached hydrogens (tertiary/aromatic N) is 1. The third kappa shape index (κ3) is 3.36. The fraction of sp³-hybridized carbons (Fsp3) is 0.333. The summed E-state index contributed by atoms with van der Waals surface area (Å²) in [4.78, 5) is 27.6. The summed E-state index contributed by atoms with van der Waals surface area (Å²) in [6.07, 6.45) is 0. The zero-order valence-corrected chi connectivity index (χ0v) is 17.0. The SMILES string of the molecule is COC(=O)C1C(=O)c2scc(Br)c2CN1Cc1ccc(OC)cc1OC. The van der Waals surface area contributed by atoms with E-state index in [1.165, 1.54) is 18.4 Å². The number of rotatable bonds is 5. The molecule has 0 N–H and O–H groups in total. The first-order valence-electron chi connectivity index (χ1n) is 7.83. The number of thiophene rings is 1. The van der Waals surface area contributed by atoms with Crippen LogP contribution >= 0.6 is 27.3 Å². The number of carbonyl (C=O) groups excluding carboxylic acids is 2. The first-order valence-corrected chi connectivity index (χ1v) is 9.50. The number of ketones is 1. The van der Waals surface area contributed by atoms with Gasteiger partial charge < -0.3 is 14.2 Å². The van der Waals surface area contributed by atoms with Crippen molar-refractivity contribution in [1.29, 1.82) is 0 Å². The highest BCUT2D eigenvalue weighted by atomic mass is 79.9. The summed E-state index contributed by atoms with van der Waals surface area (Å²) >= 11 is 4.83. The molecule has 26 heavy (non-hydrogen) atoms. The summed E-state index contributed by atoms with van der Waals surface area (Å²) in [7, 11) is 4.45. The average molecular weight is 440 g/mol. The molecule has 0 bridgehead atoms. The lowest BCUT2D eigenvalue weighted by Crippen LogP contribution is -2.49. The number of ether oxygens (including phenoxy) is 3. The van der Waals surface area contributed by atoms with Gasteiger partial charge in [-0.15, -0.1) is 11.3 Å². The van der Waals surface area contributed by atoms with Crippen LogP contribution in [0.25, 0.3) is 0 Å². The predicted octanol–water partition coefficient (Wildman–Crippen LogP) is 3.27. The van der Waals surface area contributed by atoms with Crippen LogP contribution in [0.15, 0.2) is 28.1 Å². The number of halogens is 1. The lowest BCUT2D eigenvalue weighted by molar-refractivity contribution is -0.145. The number of carbonyl (C=O) groups is 2. The highest BCUT2D eigenvalue weighted by Crippen LogP contribution is 2.36. The van der Waals surface area contributed by atoms with E-state index in [1.807, 2.05) is 17.5 Å². The normalized spacial score (nSPS) is 16.9. The van der Waals surface area contributed by atoms with E-state index >= 15 is 0 Å². The van der Waals surface area contributed by atoms with Gasteiger partial charge in [0.15, 0.2) is 6.04 Å². The molecule has 8 heteroatoms. The number of fused-ring (bicyclic) bond motifs is 1. The van der Waals surface area contributed by atoms with Gasteiger partial charge in [0.1, 0.15) is 11.5 Å². The van der Waals surface area contributed by atoms with E-state index in [4.69, 9.17) is 14.2 Å². The zero-order valence-electron chi connectivity index (χ0n) is 14.6. The molecule has 1 aliphatic heterocycles. The first kappa shape index (κ1) is 18.9. The molecule has 6 nitrogen and oxygen atoms in total. The molecule has 0 aliphatic carbocycles. The van der Waals surface area contributed by atoms with Crippen LogP contribution in [-0.4, -0.2) is 44.0 Å². The quantitative estimate of drug-likeness (QED) is 0.526. The van der Waals surface area contributed by atoms with E-state index in [0.29, 0.717) is 29.5 Å². The van der Waals surface area contributed by atoms with Gasteiger partial charge in [0.05, 0.1) is 26.2 Å². The number of hydrogen-bond acceptors (Lipinski definition) is 7. The molecule has 0 radical (unpaired) electrons. The average Bonchev–Trinajstić information content (AvgIpc) is 3.03. The van der Waals surface area contributed by atoms with E-state index in [-0.39, 0.29) is 5.78 Å². The van der Waals surface area contributed by atoms with Crippen molar-refractivity contribution >= 4 is 39.0 Å². The number of hydrogen-bond donors (Lipinski definition) is 0. The maximum Gasteiger partial charge on any atom is 0.331 e. The van der Waals surface area contributed by atoms with Gasteiger partial charge in [-0.1, -0.05) is 6.07 Å². The predicted molar refractivity (Wildman–Crippen MR) is 101 cm³/mol. The van der Waals surface area contributed by atoms with Crippen molar-refractivity contribution < 1.29 is 23.8 Å². The van der Waals surface area contributed by atoms with Gasteiger partial charge in [-0.2, -0.15) is 0 Å². The Hall–Kier alpha value is -1.90. The lowest BCUT2D eigenvalue weighted by atomic mass is 9.99. The maximum absolute atomic E-state index is 12.9. The Labute approximate surface area is 163 Å². The summed E-state index contributed by atoms with van der Waals surface area (Å²) in [5.74, 6) is 0.516. The van der Waals surface area contributed by atoms with Crippen LogP contribution < -0.4 is 9.47 Å². The summed E-state index contributed by atoms with van der Waals surface area (Å²) in [5, 5.41) is 1.87. The van der Waals surface area contributed by atoms with Crippen LogP contribution in [-0.2, 0) is 22.6 Å². The Bertz CT molecular complexity index is 850. The molecule has 0 saturated carbocycles. The van der Waals surface area contributed by atoms with Crippen LogP contribution in [0.5, 0.6) is 11.5 Å². The molecular formula is C18H18BrNO5S.